The molecular formula is C44H43N5O8. The lowest BCUT2D eigenvalue weighted by Gasteiger charge is -2.22. The number of methoxy groups -OCH3 is 2. The van der Waals surface area contributed by atoms with Crippen molar-refractivity contribution in [1.82, 2.24) is 0 Å². The van der Waals surface area contributed by atoms with E-state index in [0.29, 0.717) is 76.5 Å². The van der Waals surface area contributed by atoms with Gasteiger partial charge in [-0.05, 0) is 67.6 Å². The van der Waals surface area contributed by atoms with Gasteiger partial charge in [-0.25, -0.2) is 0 Å². The van der Waals surface area contributed by atoms with E-state index in [1.165, 1.54) is 14.0 Å². The van der Waals surface area contributed by atoms with E-state index < -0.39 is 0 Å². The summed E-state index contributed by atoms with van der Waals surface area (Å²) in [5.74, 6) is 1.26. The second-order valence-electron chi connectivity index (χ2n) is 14.5. The molecular weight excluding hydrogens is 727 g/mol. The van der Waals surface area contributed by atoms with Crippen molar-refractivity contribution in [3.05, 3.63) is 89.0 Å². The molecule has 4 aliphatic rings. The van der Waals surface area contributed by atoms with Crippen LogP contribution < -0.4 is 34.1 Å². The number of para-hydroxylation sites is 1. The average molecular weight is 770 g/mol. The Balaban J connectivity index is 0.863. The minimum absolute atomic E-state index is 0.0514. The SMILES string of the molecule is COc1cc2c(cc1OCCCCCOc1cc3c(cc1OC)C(=O)N1c4cc(NC(=O)CCC(C)=O)ccc4C[C@H]1C=N3)N=C[C@@H]1Cc3ccccc3N1C2=O. The van der Waals surface area contributed by atoms with E-state index in [9.17, 15) is 19.2 Å². The van der Waals surface area contributed by atoms with Crippen LogP contribution >= 0.6 is 0 Å². The van der Waals surface area contributed by atoms with Crippen LogP contribution in [0.4, 0.5) is 28.4 Å². The van der Waals surface area contributed by atoms with Crippen LogP contribution in [0.3, 0.4) is 0 Å². The summed E-state index contributed by atoms with van der Waals surface area (Å²) in [6, 6.07) is 19.9. The van der Waals surface area contributed by atoms with E-state index >= 15 is 0 Å². The molecule has 4 heterocycles. The van der Waals surface area contributed by atoms with Gasteiger partial charge < -0.3 is 29.1 Å². The number of anilines is 3. The molecule has 0 aromatic heterocycles. The molecule has 2 atom stereocenters. The van der Waals surface area contributed by atoms with Gasteiger partial charge in [0, 0.05) is 61.6 Å². The molecule has 4 aromatic rings. The number of benzene rings is 4. The van der Waals surface area contributed by atoms with E-state index in [0.717, 1.165) is 42.5 Å². The maximum atomic E-state index is 14.0. The summed E-state index contributed by atoms with van der Waals surface area (Å²) in [7, 11) is 3.09. The number of hydrogen-bond acceptors (Lipinski definition) is 10. The first-order valence-electron chi connectivity index (χ1n) is 19.2. The fraction of sp³-hybridized carbons (Fsp3) is 0.318. The van der Waals surface area contributed by atoms with Gasteiger partial charge >= 0.3 is 0 Å². The van der Waals surface area contributed by atoms with E-state index in [2.05, 4.69) is 5.32 Å². The molecule has 0 bridgehead atoms. The lowest BCUT2D eigenvalue weighted by molar-refractivity contribution is -0.121. The van der Waals surface area contributed by atoms with E-state index in [1.807, 2.05) is 41.4 Å². The molecule has 0 unspecified atom stereocenters. The molecule has 0 spiro atoms. The number of Topliss-reactive ketones (excluding diaryl/α,β-unsaturated/α-hetero) is 1. The first-order valence-corrected chi connectivity index (χ1v) is 19.2. The van der Waals surface area contributed by atoms with Crippen molar-refractivity contribution in [3.8, 4) is 23.0 Å². The van der Waals surface area contributed by atoms with Gasteiger partial charge in [-0.15, -0.1) is 0 Å². The Hall–Kier alpha value is -6.50. The van der Waals surface area contributed by atoms with Gasteiger partial charge in [0.05, 0.1) is 67.7 Å². The Bertz CT molecular complexity index is 2340. The third kappa shape index (κ3) is 7.44. The topological polar surface area (TPSA) is 148 Å². The molecule has 4 aliphatic heterocycles. The number of amides is 3. The molecule has 13 nitrogen and oxygen atoms in total. The zero-order chi connectivity index (χ0) is 39.6. The molecule has 292 valence electrons. The van der Waals surface area contributed by atoms with Crippen molar-refractivity contribution in [2.75, 3.05) is 42.5 Å². The van der Waals surface area contributed by atoms with Crippen molar-refractivity contribution >= 4 is 64.4 Å². The third-order valence-corrected chi connectivity index (χ3v) is 10.6. The highest BCUT2D eigenvalue weighted by atomic mass is 16.5. The van der Waals surface area contributed by atoms with E-state index in [-0.39, 0.29) is 48.4 Å². The molecule has 0 fully saturated rings. The lowest BCUT2D eigenvalue weighted by atomic mass is 10.1. The van der Waals surface area contributed by atoms with Crippen molar-refractivity contribution < 1.29 is 38.1 Å². The summed E-state index contributed by atoms with van der Waals surface area (Å²) in [5, 5.41) is 2.84. The standard InChI is InChI=1S/C44H43N5O8/c1-26(50)11-14-42(51)47-29-13-12-28-18-31-25-46-35-23-41(39(55-3)21-33(35)44(53)49(31)37(28)19-29)57-16-8-4-7-15-56-40-22-34-32(20-38(40)54-2)43(52)48-30(24-45-34)17-27-9-5-6-10-36(27)48/h5-6,9-10,12-13,19-25,30-31H,4,7-8,11,14-18H2,1-3H3,(H,47,51)/t30-,31-/m0/s1. The molecule has 0 saturated carbocycles. The molecule has 3 amide bonds. The highest BCUT2D eigenvalue weighted by Gasteiger charge is 2.38. The maximum Gasteiger partial charge on any atom is 0.261 e. The van der Waals surface area contributed by atoms with Crippen molar-refractivity contribution in [3.63, 3.8) is 0 Å². The number of carbonyl (C=O) groups excluding carboxylic acids is 4. The number of rotatable bonds is 14. The van der Waals surface area contributed by atoms with Crippen LogP contribution in [0.1, 0.15) is 70.9 Å². The molecule has 0 aliphatic carbocycles. The normalized spacial score (nSPS) is 17.0. The number of hydrogen-bond donors (Lipinski definition) is 1. The second kappa shape index (κ2) is 15.9. The molecule has 57 heavy (non-hydrogen) atoms. The minimum atomic E-state index is -0.294. The summed E-state index contributed by atoms with van der Waals surface area (Å²) in [4.78, 5) is 64.4. The van der Waals surface area contributed by atoms with Crippen LogP contribution in [-0.4, -0.2) is 75.5 Å². The first kappa shape index (κ1) is 37.4. The highest BCUT2D eigenvalue weighted by Crippen LogP contribution is 2.43. The van der Waals surface area contributed by atoms with Crippen LogP contribution in [0.25, 0.3) is 0 Å². The highest BCUT2D eigenvalue weighted by molar-refractivity contribution is 6.16. The van der Waals surface area contributed by atoms with Crippen LogP contribution in [0.5, 0.6) is 23.0 Å². The Labute approximate surface area is 330 Å². The second-order valence-corrected chi connectivity index (χ2v) is 14.5. The smallest absolute Gasteiger partial charge is 0.261 e. The Morgan fingerprint density at radius 2 is 1.25 bits per heavy atom. The summed E-state index contributed by atoms with van der Waals surface area (Å²) < 4.78 is 23.6. The predicted octanol–water partition coefficient (Wildman–Crippen LogP) is 7.21. The summed E-state index contributed by atoms with van der Waals surface area (Å²) in [5.41, 5.74) is 6.16. The van der Waals surface area contributed by atoms with Crippen LogP contribution in [0, 0.1) is 0 Å². The number of aliphatic imine (C=N–C) groups is 2. The van der Waals surface area contributed by atoms with Gasteiger partial charge in [-0.2, -0.15) is 0 Å². The number of nitrogens with zero attached hydrogens (tertiary/aromatic N) is 4. The summed E-state index contributed by atoms with van der Waals surface area (Å²) >= 11 is 0. The number of unbranched alkanes of at least 4 members (excludes halogenated alkanes) is 2. The van der Waals surface area contributed by atoms with Crippen molar-refractivity contribution in [2.45, 2.75) is 64.0 Å². The van der Waals surface area contributed by atoms with E-state index in [1.54, 1.807) is 54.6 Å². The van der Waals surface area contributed by atoms with Gasteiger partial charge in [0.25, 0.3) is 11.8 Å². The van der Waals surface area contributed by atoms with Crippen LogP contribution in [-0.2, 0) is 22.4 Å². The van der Waals surface area contributed by atoms with Gasteiger partial charge in [-0.1, -0.05) is 24.3 Å². The molecule has 1 N–H and O–H groups in total. The van der Waals surface area contributed by atoms with Gasteiger partial charge in [0.1, 0.15) is 5.78 Å². The first-order chi connectivity index (χ1) is 27.7. The molecule has 13 heteroatoms. The van der Waals surface area contributed by atoms with E-state index in [4.69, 9.17) is 28.9 Å². The molecule has 0 saturated heterocycles. The monoisotopic (exact) mass is 769 g/mol. The van der Waals surface area contributed by atoms with Gasteiger partial charge in [0.15, 0.2) is 23.0 Å². The number of fused-ring (bicyclic) bond motifs is 8. The van der Waals surface area contributed by atoms with Gasteiger partial charge in [-0.3, -0.25) is 34.2 Å². The third-order valence-electron chi connectivity index (χ3n) is 10.6. The minimum Gasteiger partial charge on any atom is -0.493 e. The number of nitrogens with one attached hydrogen (secondary N) is 1. The average Bonchev–Trinajstić information content (AvgIpc) is 3.69. The van der Waals surface area contributed by atoms with Crippen molar-refractivity contribution in [2.24, 2.45) is 9.98 Å². The van der Waals surface area contributed by atoms with Crippen LogP contribution in [0.2, 0.25) is 0 Å². The molecule has 8 rings (SSSR count). The van der Waals surface area contributed by atoms with Crippen molar-refractivity contribution in [1.29, 1.82) is 0 Å². The van der Waals surface area contributed by atoms with Crippen LogP contribution in [0.15, 0.2) is 76.7 Å². The number of carbonyl (C=O) groups is 4. The number of ether oxygens (including phenoxy) is 4. The summed E-state index contributed by atoms with van der Waals surface area (Å²) in [6.45, 7) is 2.30. The zero-order valence-corrected chi connectivity index (χ0v) is 32.1. The fourth-order valence-corrected chi connectivity index (χ4v) is 7.76. The van der Waals surface area contributed by atoms with Gasteiger partial charge in [0.2, 0.25) is 5.91 Å². The Kier molecular flexibility index (Phi) is 10.5. The molecule has 0 radical (unpaired) electrons. The zero-order valence-electron chi connectivity index (χ0n) is 32.1. The number of ketones is 1. The Morgan fingerprint density at radius 1 is 0.684 bits per heavy atom. The summed E-state index contributed by atoms with van der Waals surface area (Å²) in [6.07, 6.45) is 7.50. The lowest BCUT2D eigenvalue weighted by Crippen LogP contribution is -2.37. The molecule has 4 aromatic carbocycles. The maximum absolute atomic E-state index is 14.0. The fourth-order valence-electron chi connectivity index (χ4n) is 7.76. The Morgan fingerprint density at radius 3 is 1.82 bits per heavy atom. The largest absolute Gasteiger partial charge is 0.493 e. The quantitative estimate of drug-likeness (QED) is 0.132. The predicted molar refractivity (Wildman–Crippen MR) is 217 cm³/mol.